The van der Waals surface area contributed by atoms with Gasteiger partial charge in [0.25, 0.3) is 5.91 Å². The lowest BCUT2D eigenvalue weighted by atomic mass is 10.2. The Kier molecular flexibility index (Phi) is 4.87. The van der Waals surface area contributed by atoms with Crippen LogP contribution in [-0.4, -0.2) is 19.6 Å². The van der Waals surface area contributed by atoms with Gasteiger partial charge in [0, 0.05) is 12.1 Å². The van der Waals surface area contributed by atoms with Gasteiger partial charge in [0.2, 0.25) is 0 Å². The number of carbonyl (C=O) groups excluding carboxylic acids is 1. The molecule has 0 unspecified atom stereocenters. The summed E-state index contributed by atoms with van der Waals surface area (Å²) in [5.41, 5.74) is 0.977. The molecule has 0 atom stereocenters. The summed E-state index contributed by atoms with van der Waals surface area (Å²) in [6.45, 7) is 4.17. The van der Waals surface area contributed by atoms with E-state index >= 15 is 0 Å². The average Bonchev–Trinajstić information content (AvgIpc) is 2.81. The Bertz CT molecular complexity index is 601. The monoisotopic (exact) mass is 289 g/mol. The molecule has 0 bridgehead atoms. The zero-order valence-electron chi connectivity index (χ0n) is 12.4. The fraction of sp³-hybridized carbons (Fsp3) is 0.312. The topological polar surface area (TPSA) is 60.7 Å². The highest BCUT2D eigenvalue weighted by Crippen LogP contribution is 2.17. The number of rotatable bonds is 6. The first-order valence-electron chi connectivity index (χ1n) is 6.68. The molecule has 21 heavy (non-hydrogen) atoms. The van der Waals surface area contributed by atoms with Crippen molar-refractivity contribution >= 4 is 5.91 Å². The molecule has 0 saturated carbocycles. The molecule has 0 aliphatic rings. The molecular weight excluding hydrogens is 270 g/mol. The molecule has 0 aliphatic carbocycles. The third-order valence-corrected chi connectivity index (χ3v) is 3.05. The predicted molar refractivity (Wildman–Crippen MR) is 78.5 cm³/mol. The van der Waals surface area contributed by atoms with E-state index in [4.69, 9.17) is 13.9 Å². The van der Waals surface area contributed by atoms with Gasteiger partial charge in [-0.3, -0.25) is 4.79 Å². The Labute approximate surface area is 123 Å². The standard InChI is InChI=1S/C16H19NO4/c1-11-8-13(12(2)21-11)9-17-16(18)10-20-15-6-4-14(19-3)5-7-15/h4-8H,9-10H2,1-3H3,(H,17,18). The number of benzene rings is 1. The van der Waals surface area contributed by atoms with E-state index in [-0.39, 0.29) is 12.5 Å². The quantitative estimate of drug-likeness (QED) is 0.888. The molecule has 0 radical (unpaired) electrons. The molecule has 0 spiro atoms. The maximum atomic E-state index is 11.7. The fourth-order valence-electron chi connectivity index (χ4n) is 1.92. The van der Waals surface area contributed by atoms with Crippen molar-refractivity contribution in [2.75, 3.05) is 13.7 Å². The molecule has 112 valence electrons. The first kappa shape index (κ1) is 15.0. The van der Waals surface area contributed by atoms with Crippen molar-refractivity contribution in [3.05, 3.63) is 47.4 Å². The minimum absolute atomic E-state index is 0.0256. The molecule has 2 rings (SSSR count). The molecule has 1 N–H and O–H groups in total. The van der Waals surface area contributed by atoms with Crippen LogP contribution in [0.15, 0.2) is 34.7 Å². The van der Waals surface area contributed by atoms with E-state index in [1.54, 1.807) is 31.4 Å². The van der Waals surface area contributed by atoms with Crippen LogP contribution in [-0.2, 0) is 11.3 Å². The van der Waals surface area contributed by atoms with Crippen molar-refractivity contribution in [2.24, 2.45) is 0 Å². The maximum Gasteiger partial charge on any atom is 0.258 e. The second-order valence-electron chi connectivity index (χ2n) is 4.68. The van der Waals surface area contributed by atoms with Crippen LogP contribution < -0.4 is 14.8 Å². The Morgan fingerprint density at radius 1 is 1.19 bits per heavy atom. The Balaban J connectivity index is 1.78. The minimum Gasteiger partial charge on any atom is -0.497 e. The molecule has 1 aromatic carbocycles. The summed E-state index contributed by atoms with van der Waals surface area (Å²) in [4.78, 5) is 11.7. The summed E-state index contributed by atoms with van der Waals surface area (Å²) in [6, 6.07) is 9.00. The number of carbonyl (C=O) groups is 1. The van der Waals surface area contributed by atoms with Gasteiger partial charge in [-0.15, -0.1) is 0 Å². The smallest absolute Gasteiger partial charge is 0.258 e. The van der Waals surface area contributed by atoms with Gasteiger partial charge in [-0.25, -0.2) is 0 Å². The largest absolute Gasteiger partial charge is 0.497 e. The number of furan rings is 1. The van der Waals surface area contributed by atoms with Gasteiger partial charge in [-0.1, -0.05) is 0 Å². The van der Waals surface area contributed by atoms with Gasteiger partial charge in [0.05, 0.1) is 7.11 Å². The van der Waals surface area contributed by atoms with E-state index < -0.39 is 0 Å². The van der Waals surface area contributed by atoms with Gasteiger partial charge in [0.15, 0.2) is 6.61 Å². The average molecular weight is 289 g/mol. The second kappa shape index (κ2) is 6.83. The normalized spacial score (nSPS) is 10.2. The summed E-state index contributed by atoms with van der Waals surface area (Å²) in [5, 5.41) is 2.80. The lowest BCUT2D eigenvalue weighted by Gasteiger charge is -2.07. The van der Waals surface area contributed by atoms with E-state index in [0.29, 0.717) is 12.3 Å². The highest BCUT2D eigenvalue weighted by molar-refractivity contribution is 5.77. The molecule has 2 aromatic rings. The van der Waals surface area contributed by atoms with E-state index in [1.807, 2.05) is 19.9 Å². The van der Waals surface area contributed by atoms with Gasteiger partial charge >= 0.3 is 0 Å². The number of hydrogen-bond donors (Lipinski definition) is 1. The number of methoxy groups -OCH3 is 1. The summed E-state index contributed by atoms with van der Waals surface area (Å²) in [6.07, 6.45) is 0. The van der Waals surface area contributed by atoms with Crippen molar-refractivity contribution in [2.45, 2.75) is 20.4 Å². The molecular formula is C16H19NO4. The lowest BCUT2D eigenvalue weighted by Crippen LogP contribution is -2.28. The van der Waals surface area contributed by atoms with Gasteiger partial charge in [-0.05, 0) is 44.2 Å². The van der Waals surface area contributed by atoms with E-state index in [0.717, 1.165) is 22.8 Å². The fourth-order valence-corrected chi connectivity index (χ4v) is 1.92. The van der Waals surface area contributed by atoms with Gasteiger partial charge in [-0.2, -0.15) is 0 Å². The van der Waals surface area contributed by atoms with Crippen LogP contribution in [0.3, 0.4) is 0 Å². The lowest BCUT2D eigenvalue weighted by molar-refractivity contribution is -0.123. The Morgan fingerprint density at radius 2 is 1.86 bits per heavy atom. The summed E-state index contributed by atoms with van der Waals surface area (Å²) in [7, 11) is 1.60. The highest BCUT2D eigenvalue weighted by atomic mass is 16.5. The summed E-state index contributed by atoms with van der Waals surface area (Å²) < 4.78 is 15.9. The third kappa shape index (κ3) is 4.27. The van der Waals surface area contributed by atoms with Crippen LogP contribution in [0.2, 0.25) is 0 Å². The maximum absolute atomic E-state index is 11.7. The molecule has 1 aromatic heterocycles. The molecule has 0 saturated heterocycles. The van der Waals surface area contributed by atoms with Crippen molar-refractivity contribution in [1.29, 1.82) is 0 Å². The van der Waals surface area contributed by atoms with Crippen molar-refractivity contribution in [3.8, 4) is 11.5 Å². The van der Waals surface area contributed by atoms with Crippen LogP contribution >= 0.6 is 0 Å². The number of aryl methyl sites for hydroxylation is 2. The predicted octanol–water partition coefficient (Wildman–Crippen LogP) is 2.60. The molecule has 5 heteroatoms. The van der Waals surface area contributed by atoms with Gasteiger partial charge in [0.1, 0.15) is 23.0 Å². The van der Waals surface area contributed by atoms with Crippen LogP contribution in [0.25, 0.3) is 0 Å². The van der Waals surface area contributed by atoms with Crippen LogP contribution in [0.1, 0.15) is 17.1 Å². The minimum atomic E-state index is -0.177. The molecule has 0 aliphatic heterocycles. The zero-order valence-corrected chi connectivity index (χ0v) is 12.4. The van der Waals surface area contributed by atoms with Crippen LogP contribution in [0.5, 0.6) is 11.5 Å². The van der Waals surface area contributed by atoms with Crippen LogP contribution in [0.4, 0.5) is 0 Å². The van der Waals surface area contributed by atoms with E-state index in [2.05, 4.69) is 5.32 Å². The number of hydrogen-bond acceptors (Lipinski definition) is 4. The van der Waals surface area contributed by atoms with E-state index in [1.165, 1.54) is 0 Å². The Hall–Kier alpha value is -2.43. The van der Waals surface area contributed by atoms with Crippen molar-refractivity contribution in [1.82, 2.24) is 5.32 Å². The Morgan fingerprint density at radius 3 is 2.43 bits per heavy atom. The zero-order chi connectivity index (χ0) is 15.2. The molecule has 1 heterocycles. The summed E-state index contributed by atoms with van der Waals surface area (Å²) in [5.74, 6) is 2.86. The van der Waals surface area contributed by atoms with Crippen molar-refractivity contribution in [3.63, 3.8) is 0 Å². The SMILES string of the molecule is COc1ccc(OCC(=O)NCc2cc(C)oc2C)cc1. The van der Waals surface area contributed by atoms with E-state index in [9.17, 15) is 4.79 Å². The number of amides is 1. The third-order valence-electron chi connectivity index (χ3n) is 3.05. The number of nitrogens with one attached hydrogen (secondary N) is 1. The van der Waals surface area contributed by atoms with Crippen molar-refractivity contribution < 1.29 is 18.7 Å². The first-order valence-corrected chi connectivity index (χ1v) is 6.68. The van der Waals surface area contributed by atoms with Crippen LogP contribution in [0, 0.1) is 13.8 Å². The highest BCUT2D eigenvalue weighted by Gasteiger charge is 2.07. The molecule has 5 nitrogen and oxygen atoms in total. The number of ether oxygens (including phenoxy) is 2. The molecule has 0 fully saturated rings. The summed E-state index contributed by atoms with van der Waals surface area (Å²) >= 11 is 0. The molecule has 1 amide bonds. The first-order chi connectivity index (χ1) is 10.1. The van der Waals surface area contributed by atoms with Gasteiger partial charge < -0.3 is 19.2 Å². The second-order valence-corrected chi connectivity index (χ2v) is 4.68.